The Hall–Kier alpha value is -1.76. The molecule has 7 heteroatoms. The second kappa shape index (κ2) is 4.85. The molecule has 0 fully saturated rings. The summed E-state index contributed by atoms with van der Waals surface area (Å²) in [6.07, 6.45) is -1.27. The van der Waals surface area contributed by atoms with Crippen LogP contribution in [-0.2, 0) is 0 Å². The van der Waals surface area contributed by atoms with Crippen LogP contribution in [0.3, 0.4) is 0 Å². The molecule has 0 saturated carbocycles. The van der Waals surface area contributed by atoms with Crippen LogP contribution in [0.4, 0.5) is 8.78 Å². The van der Waals surface area contributed by atoms with Gasteiger partial charge in [0.05, 0.1) is 15.7 Å². The van der Waals surface area contributed by atoms with E-state index in [1.54, 1.807) is 0 Å². The standard InChI is InChI=1S/C11H7BrF2N2O2/c12-8-5-16(15-9(8)10(13)14)7-3-1-6(2-4-7)11(17)18/h1-5,10H,(H,17,18). The fraction of sp³-hybridized carbons (Fsp3) is 0.0909. The van der Waals surface area contributed by atoms with Crippen LogP contribution in [-0.4, -0.2) is 20.9 Å². The first-order chi connectivity index (χ1) is 8.49. The van der Waals surface area contributed by atoms with E-state index in [0.29, 0.717) is 5.69 Å². The molecule has 0 atom stereocenters. The van der Waals surface area contributed by atoms with Gasteiger partial charge in [-0.25, -0.2) is 18.3 Å². The van der Waals surface area contributed by atoms with E-state index in [9.17, 15) is 13.6 Å². The van der Waals surface area contributed by atoms with Crippen molar-refractivity contribution < 1.29 is 18.7 Å². The minimum absolute atomic E-state index is 0.124. The van der Waals surface area contributed by atoms with Crippen LogP contribution in [0.15, 0.2) is 34.9 Å². The molecule has 1 heterocycles. The van der Waals surface area contributed by atoms with Gasteiger partial charge in [-0.05, 0) is 40.2 Å². The van der Waals surface area contributed by atoms with E-state index < -0.39 is 12.4 Å². The monoisotopic (exact) mass is 316 g/mol. The lowest BCUT2D eigenvalue weighted by atomic mass is 10.2. The summed E-state index contributed by atoms with van der Waals surface area (Å²) in [6, 6.07) is 5.76. The maximum absolute atomic E-state index is 12.5. The number of rotatable bonds is 3. The third-order valence-electron chi connectivity index (χ3n) is 2.28. The third kappa shape index (κ3) is 2.40. The maximum Gasteiger partial charge on any atom is 0.335 e. The highest BCUT2D eigenvalue weighted by molar-refractivity contribution is 9.10. The van der Waals surface area contributed by atoms with Crippen LogP contribution in [0.25, 0.3) is 5.69 Å². The zero-order valence-corrected chi connectivity index (χ0v) is 10.4. The van der Waals surface area contributed by atoms with E-state index >= 15 is 0 Å². The number of benzene rings is 1. The van der Waals surface area contributed by atoms with Crippen molar-refractivity contribution in [2.45, 2.75) is 6.43 Å². The summed E-state index contributed by atoms with van der Waals surface area (Å²) in [5, 5.41) is 12.5. The summed E-state index contributed by atoms with van der Waals surface area (Å²) in [4.78, 5) is 10.7. The van der Waals surface area contributed by atoms with Crippen molar-refractivity contribution in [1.82, 2.24) is 9.78 Å². The number of carbonyl (C=O) groups is 1. The van der Waals surface area contributed by atoms with E-state index in [-0.39, 0.29) is 15.7 Å². The number of carboxylic acid groups (broad SMARTS) is 1. The molecule has 18 heavy (non-hydrogen) atoms. The van der Waals surface area contributed by atoms with Gasteiger partial charge in [0.1, 0.15) is 5.69 Å². The Morgan fingerprint density at radius 2 is 1.94 bits per heavy atom. The highest BCUT2D eigenvalue weighted by atomic mass is 79.9. The van der Waals surface area contributed by atoms with Gasteiger partial charge in [-0.15, -0.1) is 0 Å². The SMILES string of the molecule is O=C(O)c1ccc(-n2cc(Br)c(C(F)F)n2)cc1. The van der Waals surface area contributed by atoms with Crippen LogP contribution in [0, 0.1) is 0 Å². The normalized spacial score (nSPS) is 10.9. The molecule has 0 radical (unpaired) electrons. The molecule has 1 aromatic heterocycles. The van der Waals surface area contributed by atoms with Gasteiger partial charge >= 0.3 is 5.97 Å². The quantitative estimate of drug-likeness (QED) is 0.945. The predicted octanol–water partition coefficient (Wildman–Crippen LogP) is 3.27. The Labute approximate surface area is 109 Å². The topological polar surface area (TPSA) is 55.1 Å². The zero-order valence-electron chi connectivity index (χ0n) is 8.85. The van der Waals surface area contributed by atoms with Crippen molar-refractivity contribution >= 4 is 21.9 Å². The number of halogens is 3. The number of hydrogen-bond acceptors (Lipinski definition) is 2. The molecule has 0 saturated heterocycles. The highest BCUT2D eigenvalue weighted by Crippen LogP contribution is 2.26. The lowest BCUT2D eigenvalue weighted by Crippen LogP contribution is -1.99. The molecule has 0 bridgehead atoms. The van der Waals surface area contributed by atoms with E-state index in [1.165, 1.54) is 35.1 Å². The van der Waals surface area contributed by atoms with Gasteiger partial charge in [-0.2, -0.15) is 5.10 Å². The molecule has 0 aliphatic heterocycles. The molecular weight excluding hydrogens is 310 g/mol. The van der Waals surface area contributed by atoms with Gasteiger partial charge in [-0.3, -0.25) is 0 Å². The molecule has 0 spiro atoms. The van der Waals surface area contributed by atoms with E-state index in [0.717, 1.165) is 0 Å². The average molecular weight is 317 g/mol. The van der Waals surface area contributed by atoms with Crippen LogP contribution >= 0.6 is 15.9 Å². The fourth-order valence-electron chi connectivity index (χ4n) is 1.40. The van der Waals surface area contributed by atoms with Crippen LogP contribution in [0.2, 0.25) is 0 Å². The molecule has 0 aliphatic rings. The summed E-state index contributed by atoms with van der Waals surface area (Å²) >= 11 is 3.00. The van der Waals surface area contributed by atoms with Crippen molar-refractivity contribution in [2.75, 3.05) is 0 Å². The van der Waals surface area contributed by atoms with Gasteiger partial charge in [0.25, 0.3) is 6.43 Å². The molecule has 0 unspecified atom stereocenters. The van der Waals surface area contributed by atoms with Crippen LogP contribution in [0.1, 0.15) is 22.5 Å². The molecule has 1 aromatic carbocycles. The first-order valence-corrected chi connectivity index (χ1v) is 5.65. The number of aromatic nitrogens is 2. The number of aromatic carboxylic acids is 1. The molecule has 2 rings (SSSR count). The van der Waals surface area contributed by atoms with Crippen molar-refractivity contribution in [1.29, 1.82) is 0 Å². The Kier molecular flexibility index (Phi) is 3.42. The van der Waals surface area contributed by atoms with Gasteiger partial charge in [-0.1, -0.05) is 0 Å². The molecule has 4 nitrogen and oxygen atoms in total. The summed E-state index contributed by atoms with van der Waals surface area (Å²) < 4.78 is 26.6. The Morgan fingerprint density at radius 1 is 1.33 bits per heavy atom. The van der Waals surface area contributed by atoms with Gasteiger partial charge in [0, 0.05) is 6.20 Å². The van der Waals surface area contributed by atoms with Crippen molar-refractivity contribution in [3.05, 3.63) is 46.2 Å². The van der Waals surface area contributed by atoms with Gasteiger partial charge < -0.3 is 5.11 Å². The lowest BCUT2D eigenvalue weighted by Gasteiger charge is -2.01. The number of alkyl halides is 2. The molecule has 1 N–H and O–H groups in total. The van der Waals surface area contributed by atoms with E-state index in [4.69, 9.17) is 5.11 Å². The van der Waals surface area contributed by atoms with Gasteiger partial charge in [0.15, 0.2) is 0 Å². The Balaban J connectivity index is 2.37. The average Bonchev–Trinajstić information content (AvgIpc) is 2.71. The highest BCUT2D eigenvalue weighted by Gasteiger charge is 2.17. The van der Waals surface area contributed by atoms with Crippen molar-refractivity contribution in [3.63, 3.8) is 0 Å². The summed E-state index contributed by atoms with van der Waals surface area (Å²) in [5.41, 5.74) is 0.281. The largest absolute Gasteiger partial charge is 0.478 e. The predicted molar refractivity (Wildman–Crippen MR) is 63.2 cm³/mol. The van der Waals surface area contributed by atoms with Crippen molar-refractivity contribution in [2.24, 2.45) is 0 Å². The first kappa shape index (κ1) is 12.7. The van der Waals surface area contributed by atoms with Crippen molar-refractivity contribution in [3.8, 4) is 5.69 Å². The lowest BCUT2D eigenvalue weighted by molar-refractivity contribution is 0.0697. The minimum Gasteiger partial charge on any atom is -0.478 e. The molecule has 0 aliphatic carbocycles. The van der Waals surface area contributed by atoms with Gasteiger partial charge in [0.2, 0.25) is 0 Å². The summed E-state index contributed by atoms with van der Waals surface area (Å²) in [6.45, 7) is 0. The number of hydrogen-bond donors (Lipinski definition) is 1. The Morgan fingerprint density at radius 3 is 2.39 bits per heavy atom. The molecule has 0 amide bonds. The molecular formula is C11H7BrF2N2O2. The van der Waals surface area contributed by atoms with Crippen LogP contribution in [0.5, 0.6) is 0 Å². The second-order valence-electron chi connectivity index (χ2n) is 3.46. The Bertz CT molecular complexity index is 581. The third-order valence-corrected chi connectivity index (χ3v) is 2.89. The maximum atomic E-state index is 12.5. The second-order valence-corrected chi connectivity index (χ2v) is 4.31. The van der Waals surface area contributed by atoms with Crippen LogP contribution < -0.4 is 0 Å². The summed E-state index contributed by atoms with van der Waals surface area (Å²) in [7, 11) is 0. The number of carboxylic acids is 1. The van der Waals surface area contributed by atoms with E-state index in [1.807, 2.05) is 0 Å². The van der Waals surface area contributed by atoms with E-state index in [2.05, 4.69) is 21.0 Å². The first-order valence-electron chi connectivity index (χ1n) is 4.86. The minimum atomic E-state index is -2.67. The molecule has 2 aromatic rings. The molecule has 94 valence electrons. The smallest absolute Gasteiger partial charge is 0.335 e. The number of nitrogens with zero attached hydrogens (tertiary/aromatic N) is 2. The fourth-order valence-corrected chi connectivity index (χ4v) is 1.85. The summed E-state index contributed by atoms with van der Waals surface area (Å²) in [5.74, 6) is -1.04. The zero-order chi connectivity index (χ0) is 13.3.